The average Bonchev–Trinajstić information content (AvgIpc) is 2.85. The molecule has 108 valence electrons. The Morgan fingerprint density at radius 3 is 2.79 bits per heavy atom. The highest BCUT2D eigenvalue weighted by molar-refractivity contribution is 5.75. The molecule has 0 aromatic rings. The minimum atomic E-state index is -0.922. The molecule has 2 aliphatic rings. The van der Waals surface area contributed by atoms with Crippen LogP contribution in [0.1, 0.15) is 19.3 Å². The van der Waals surface area contributed by atoms with Crippen LogP contribution in [0.25, 0.3) is 0 Å². The molecular weight excluding hydrogens is 252 g/mol. The third-order valence-corrected chi connectivity index (χ3v) is 3.65. The molecule has 0 bridgehead atoms. The Morgan fingerprint density at radius 1 is 1.32 bits per heavy atom. The number of aliphatic hydroxyl groups excluding tert-OH is 1. The predicted molar refractivity (Wildman–Crippen MR) is 65.8 cm³/mol. The van der Waals surface area contributed by atoms with Crippen LogP contribution >= 0.6 is 0 Å². The van der Waals surface area contributed by atoms with Gasteiger partial charge >= 0.3 is 12.0 Å². The number of likely N-dealkylation sites (tertiary alicyclic amines) is 1. The summed E-state index contributed by atoms with van der Waals surface area (Å²) in [7, 11) is 0. The Kier molecular flexibility index (Phi) is 4.60. The quantitative estimate of drug-likeness (QED) is 0.738. The van der Waals surface area contributed by atoms with Crippen molar-refractivity contribution in [3.63, 3.8) is 0 Å². The molecule has 0 spiro atoms. The minimum absolute atomic E-state index is 0.0192. The summed E-state index contributed by atoms with van der Waals surface area (Å²) in [6.07, 6.45) is 1.20. The second-order valence-corrected chi connectivity index (χ2v) is 4.99. The van der Waals surface area contributed by atoms with E-state index in [9.17, 15) is 14.7 Å². The summed E-state index contributed by atoms with van der Waals surface area (Å²) in [6.45, 7) is 1.78. The van der Waals surface area contributed by atoms with Crippen molar-refractivity contribution >= 4 is 12.0 Å². The number of amides is 2. The van der Waals surface area contributed by atoms with Crippen molar-refractivity contribution in [2.75, 3.05) is 32.8 Å². The number of morpholine rings is 1. The molecule has 0 saturated carbocycles. The van der Waals surface area contributed by atoms with Crippen LogP contribution < -0.4 is 0 Å². The molecule has 2 aliphatic heterocycles. The van der Waals surface area contributed by atoms with Crippen molar-refractivity contribution in [1.29, 1.82) is 0 Å². The number of rotatable bonds is 3. The fraction of sp³-hybridized carbons (Fsp3) is 0.833. The van der Waals surface area contributed by atoms with Gasteiger partial charge in [-0.05, 0) is 12.8 Å². The van der Waals surface area contributed by atoms with Gasteiger partial charge in [-0.15, -0.1) is 0 Å². The van der Waals surface area contributed by atoms with Crippen molar-refractivity contribution in [2.45, 2.75) is 31.4 Å². The van der Waals surface area contributed by atoms with Gasteiger partial charge < -0.3 is 24.7 Å². The zero-order chi connectivity index (χ0) is 13.8. The van der Waals surface area contributed by atoms with Crippen molar-refractivity contribution in [2.24, 2.45) is 0 Å². The molecule has 0 aromatic carbocycles. The number of urea groups is 1. The number of carboxylic acids is 1. The molecule has 2 atom stereocenters. The summed E-state index contributed by atoms with van der Waals surface area (Å²) < 4.78 is 5.34. The second-order valence-electron chi connectivity index (χ2n) is 4.99. The summed E-state index contributed by atoms with van der Waals surface area (Å²) in [5.74, 6) is -0.922. The second kappa shape index (κ2) is 6.21. The van der Waals surface area contributed by atoms with Gasteiger partial charge in [0.2, 0.25) is 0 Å². The molecule has 0 aliphatic carbocycles. The number of aliphatic hydroxyl groups is 1. The highest BCUT2D eigenvalue weighted by atomic mass is 16.5. The zero-order valence-corrected chi connectivity index (χ0v) is 10.8. The monoisotopic (exact) mass is 272 g/mol. The number of hydrogen-bond donors (Lipinski definition) is 2. The van der Waals surface area contributed by atoms with E-state index in [1.54, 1.807) is 9.80 Å². The molecule has 7 heteroatoms. The molecule has 0 radical (unpaired) electrons. The Hall–Kier alpha value is -1.34. The van der Waals surface area contributed by atoms with E-state index in [4.69, 9.17) is 9.84 Å². The maximum atomic E-state index is 12.3. The van der Waals surface area contributed by atoms with Gasteiger partial charge in [-0.3, -0.25) is 4.79 Å². The van der Waals surface area contributed by atoms with Crippen LogP contribution in [0.4, 0.5) is 4.79 Å². The van der Waals surface area contributed by atoms with Crippen molar-refractivity contribution in [1.82, 2.24) is 9.80 Å². The molecule has 0 aromatic heterocycles. The molecule has 2 heterocycles. The number of ether oxygens (including phenoxy) is 1. The fourth-order valence-electron chi connectivity index (χ4n) is 2.67. The number of carbonyl (C=O) groups is 2. The van der Waals surface area contributed by atoms with Crippen molar-refractivity contribution in [3.8, 4) is 0 Å². The average molecular weight is 272 g/mol. The summed E-state index contributed by atoms with van der Waals surface area (Å²) in [6, 6.07) is -0.219. The van der Waals surface area contributed by atoms with Gasteiger partial charge in [-0.25, -0.2) is 4.79 Å². The van der Waals surface area contributed by atoms with E-state index < -0.39 is 12.1 Å². The van der Waals surface area contributed by atoms with Gasteiger partial charge in [-0.1, -0.05) is 0 Å². The summed E-state index contributed by atoms with van der Waals surface area (Å²) in [4.78, 5) is 26.3. The first-order valence-electron chi connectivity index (χ1n) is 6.61. The van der Waals surface area contributed by atoms with E-state index in [2.05, 4.69) is 0 Å². The molecule has 19 heavy (non-hydrogen) atoms. The number of hydrogen-bond acceptors (Lipinski definition) is 4. The largest absolute Gasteiger partial charge is 0.481 e. The number of nitrogens with zero attached hydrogens (tertiary/aromatic N) is 2. The standard InChI is InChI=1S/C12H20N2O5/c15-8-9-2-1-3-14(9)12(18)13-4-5-19-10(7-13)6-11(16)17/h9-10,15H,1-8H2,(H,16,17). The Balaban J connectivity index is 1.93. The van der Waals surface area contributed by atoms with Crippen LogP contribution in [0.5, 0.6) is 0 Å². The zero-order valence-electron chi connectivity index (χ0n) is 10.8. The van der Waals surface area contributed by atoms with Gasteiger partial charge in [-0.2, -0.15) is 0 Å². The topological polar surface area (TPSA) is 90.3 Å². The van der Waals surface area contributed by atoms with Crippen LogP contribution in [0.3, 0.4) is 0 Å². The Labute approximate surface area is 111 Å². The van der Waals surface area contributed by atoms with Crippen molar-refractivity contribution in [3.05, 3.63) is 0 Å². The molecule has 2 N–H and O–H groups in total. The number of carbonyl (C=O) groups excluding carboxylic acids is 1. The maximum Gasteiger partial charge on any atom is 0.320 e. The lowest BCUT2D eigenvalue weighted by Gasteiger charge is -2.36. The summed E-state index contributed by atoms with van der Waals surface area (Å²) in [5, 5.41) is 18.0. The van der Waals surface area contributed by atoms with E-state index >= 15 is 0 Å². The molecule has 2 amide bonds. The first kappa shape index (κ1) is 14.1. The van der Waals surface area contributed by atoms with Crippen LogP contribution in [-0.2, 0) is 9.53 Å². The lowest BCUT2D eigenvalue weighted by molar-refractivity contribution is -0.141. The number of carboxylic acid groups (broad SMARTS) is 1. The van der Waals surface area contributed by atoms with E-state index in [-0.39, 0.29) is 25.1 Å². The molecule has 2 saturated heterocycles. The van der Waals surface area contributed by atoms with Crippen LogP contribution in [-0.4, -0.2) is 77.0 Å². The van der Waals surface area contributed by atoms with Gasteiger partial charge in [0.15, 0.2) is 0 Å². The third kappa shape index (κ3) is 3.36. The van der Waals surface area contributed by atoms with E-state index in [1.807, 2.05) is 0 Å². The first-order valence-corrected chi connectivity index (χ1v) is 6.61. The van der Waals surface area contributed by atoms with E-state index in [0.717, 1.165) is 12.8 Å². The van der Waals surface area contributed by atoms with Gasteiger partial charge in [0, 0.05) is 19.6 Å². The van der Waals surface area contributed by atoms with Crippen LogP contribution in [0.15, 0.2) is 0 Å². The van der Waals surface area contributed by atoms with E-state index in [1.165, 1.54) is 0 Å². The predicted octanol–water partition coefficient (Wildman–Crippen LogP) is -0.261. The lowest BCUT2D eigenvalue weighted by atomic mass is 10.2. The Morgan fingerprint density at radius 2 is 2.11 bits per heavy atom. The Bertz CT molecular complexity index is 349. The highest BCUT2D eigenvalue weighted by Gasteiger charge is 2.34. The molecule has 2 fully saturated rings. The van der Waals surface area contributed by atoms with Gasteiger partial charge in [0.25, 0.3) is 0 Å². The van der Waals surface area contributed by atoms with Gasteiger partial charge in [0.05, 0.1) is 31.8 Å². The molecule has 7 nitrogen and oxygen atoms in total. The lowest BCUT2D eigenvalue weighted by Crippen LogP contribution is -2.53. The minimum Gasteiger partial charge on any atom is -0.481 e. The SMILES string of the molecule is O=C(O)CC1CN(C(=O)N2CCCC2CO)CCO1. The fourth-order valence-corrected chi connectivity index (χ4v) is 2.67. The first-order chi connectivity index (χ1) is 9.11. The van der Waals surface area contributed by atoms with Gasteiger partial charge in [0.1, 0.15) is 0 Å². The van der Waals surface area contributed by atoms with Crippen LogP contribution in [0, 0.1) is 0 Å². The van der Waals surface area contributed by atoms with Crippen molar-refractivity contribution < 1.29 is 24.5 Å². The molecule has 2 rings (SSSR count). The summed E-state index contributed by atoms with van der Waals surface area (Å²) in [5.41, 5.74) is 0. The third-order valence-electron chi connectivity index (χ3n) is 3.65. The number of aliphatic carboxylic acids is 1. The summed E-state index contributed by atoms with van der Waals surface area (Å²) >= 11 is 0. The molecule has 2 unspecified atom stereocenters. The molecular formula is C12H20N2O5. The van der Waals surface area contributed by atoms with Crippen LogP contribution in [0.2, 0.25) is 0 Å². The highest BCUT2D eigenvalue weighted by Crippen LogP contribution is 2.20. The van der Waals surface area contributed by atoms with E-state index in [0.29, 0.717) is 26.2 Å². The normalized spacial score (nSPS) is 27.6. The maximum absolute atomic E-state index is 12.3. The smallest absolute Gasteiger partial charge is 0.320 e.